The van der Waals surface area contributed by atoms with Gasteiger partial charge in [-0.3, -0.25) is 9.59 Å². The number of benzene rings is 1. The van der Waals surface area contributed by atoms with Gasteiger partial charge in [-0.25, -0.2) is 4.68 Å². The van der Waals surface area contributed by atoms with Crippen molar-refractivity contribution in [1.82, 2.24) is 25.2 Å². The van der Waals surface area contributed by atoms with Crippen LogP contribution in [0.1, 0.15) is 52.6 Å². The molecule has 0 unspecified atom stereocenters. The first-order chi connectivity index (χ1) is 12.2. The maximum Gasteiger partial charge on any atom is 0.253 e. The number of carbonyl (C=O) groups is 2. The molecule has 0 atom stereocenters. The summed E-state index contributed by atoms with van der Waals surface area (Å²) in [6.45, 7) is 4.61. The molecule has 0 radical (unpaired) electrons. The maximum atomic E-state index is 12.6. The molecule has 2 amide bonds. The van der Waals surface area contributed by atoms with Gasteiger partial charge in [0.25, 0.3) is 11.8 Å². The lowest BCUT2D eigenvalue weighted by Crippen LogP contribution is -2.35. The van der Waals surface area contributed by atoms with Crippen LogP contribution in [0, 0.1) is 0 Å². The average Bonchev–Trinajstić information content (AvgIpc) is 3.14. The van der Waals surface area contributed by atoms with Crippen LogP contribution in [0.5, 0.6) is 0 Å². The third-order valence-corrected chi connectivity index (χ3v) is 4.44. The highest BCUT2D eigenvalue weighted by atomic mass is 16.2. The van der Waals surface area contributed by atoms with Gasteiger partial charge in [0.2, 0.25) is 0 Å². The molecule has 7 heteroatoms. The second kappa shape index (κ2) is 7.92. The predicted octanol–water partition coefficient (Wildman–Crippen LogP) is 1.85. The molecule has 1 aromatic heterocycles. The van der Waals surface area contributed by atoms with Crippen LogP contribution in [-0.2, 0) is 13.1 Å². The largest absolute Gasteiger partial charge is 0.346 e. The molecule has 1 N–H and O–H groups in total. The molecule has 3 rings (SSSR count). The SMILES string of the molecule is CCn1nncc1CNC(=O)c1cccc(C(=O)N2CCCCC2)c1. The Hall–Kier alpha value is -2.70. The van der Waals surface area contributed by atoms with Crippen molar-refractivity contribution in [3.05, 3.63) is 47.3 Å². The van der Waals surface area contributed by atoms with Crippen molar-refractivity contribution < 1.29 is 9.59 Å². The van der Waals surface area contributed by atoms with Crippen LogP contribution in [-0.4, -0.2) is 44.8 Å². The molecule has 0 saturated carbocycles. The van der Waals surface area contributed by atoms with Crippen LogP contribution < -0.4 is 5.32 Å². The van der Waals surface area contributed by atoms with Crippen LogP contribution in [0.25, 0.3) is 0 Å². The Kier molecular flexibility index (Phi) is 5.42. The highest BCUT2D eigenvalue weighted by Gasteiger charge is 2.19. The number of hydrogen-bond acceptors (Lipinski definition) is 4. The lowest BCUT2D eigenvalue weighted by molar-refractivity contribution is 0.0724. The summed E-state index contributed by atoms with van der Waals surface area (Å²) < 4.78 is 1.73. The average molecular weight is 341 g/mol. The van der Waals surface area contributed by atoms with E-state index in [0.717, 1.165) is 31.6 Å². The van der Waals surface area contributed by atoms with E-state index in [4.69, 9.17) is 0 Å². The van der Waals surface area contributed by atoms with E-state index in [1.165, 1.54) is 6.42 Å². The van der Waals surface area contributed by atoms with Crippen LogP contribution in [0.15, 0.2) is 30.5 Å². The third kappa shape index (κ3) is 4.04. The molecule has 0 spiro atoms. The summed E-state index contributed by atoms with van der Waals surface area (Å²) in [4.78, 5) is 26.8. The Labute approximate surface area is 147 Å². The molecule has 0 bridgehead atoms. The Morgan fingerprint density at radius 1 is 1.16 bits per heavy atom. The van der Waals surface area contributed by atoms with Gasteiger partial charge in [0.05, 0.1) is 18.4 Å². The number of carbonyl (C=O) groups excluding carboxylic acids is 2. The number of aromatic nitrogens is 3. The van der Waals surface area contributed by atoms with Gasteiger partial charge in [0, 0.05) is 30.8 Å². The highest BCUT2D eigenvalue weighted by Crippen LogP contribution is 2.14. The number of nitrogens with zero attached hydrogens (tertiary/aromatic N) is 4. The molecular weight excluding hydrogens is 318 g/mol. The smallest absolute Gasteiger partial charge is 0.253 e. The Balaban J connectivity index is 1.66. The molecular formula is C18H23N5O2. The van der Waals surface area contributed by atoms with Crippen LogP contribution >= 0.6 is 0 Å². The van der Waals surface area contributed by atoms with Crippen molar-refractivity contribution in [2.24, 2.45) is 0 Å². The van der Waals surface area contributed by atoms with E-state index in [1.807, 2.05) is 11.8 Å². The van der Waals surface area contributed by atoms with E-state index < -0.39 is 0 Å². The van der Waals surface area contributed by atoms with Crippen molar-refractivity contribution >= 4 is 11.8 Å². The first-order valence-corrected chi connectivity index (χ1v) is 8.74. The molecule has 25 heavy (non-hydrogen) atoms. The van der Waals surface area contributed by atoms with Gasteiger partial charge in [-0.05, 0) is 44.4 Å². The fraction of sp³-hybridized carbons (Fsp3) is 0.444. The van der Waals surface area contributed by atoms with Crippen LogP contribution in [0.4, 0.5) is 0 Å². The first-order valence-electron chi connectivity index (χ1n) is 8.74. The van der Waals surface area contributed by atoms with Gasteiger partial charge in [-0.15, -0.1) is 5.10 Å². The van der Waals surface area contributed by atoms with E-state index in [9.17, 15) is 9.59 Å². The van der Waals surface area contributed by atoms with Crippen molar-refractivity contribution in [1.29, 1.82) is 0 Å². The molecule has 1 aliphatic rings. The molecule has 1 aliphatic heterocycles. The first kappa shape index (κ1) is 17.1. The molecule has 1 aromatic carbocycles. The Bertz CT molecular complexity index is 749. The second-order valence-corrected chi connectivity index (χ2v) is 6.16. The number of likely N-dealkylation sites (tertiary alicyclic amines) is 1. The highest BCUT2D eigenvalue weighted by molar-refractivity contribution is 5.99. The van der Waals surface area contributed by atoms with Crippen molar-refractivity contribution in [2.45, 2.75) is 39.3 Å². The topological polar surface area (TPSA) is 80.1 Å². The summed E-state index contributed by atoms with van der Waals surface area (Å²) in [6.07, 6.45) is 4.91. The van der Waals surface area contributed by atoms with Gasteiger partial charge in [-0.2, -0.15) is 0 Å². The van der Waals surface area contributed by atoms with E-state index >= 15 is 0 Å². The summed E-state index contributed by atoms with van der Waals surface area (Å²) in [5.41, 5.74) is 1.89. The van der Waals surface area contributed by atoms with E-state index in [-0.39, 0.29) is 11.8 Å². The molecule has 2 aromatic rings. The number of amides is 2. The zero-order chi connectivity index (χ0) is 17.6. The summed E-state index contributed by atoms with van der Waals surface area (Å²) in [5, 5.41) is 10.6. The number of piperidine rings is 1. The second-order valence-electron chi connectivity index (χ2n) is 6.16. The Morgan fingerprint density at radius 3 is 2.68 bits per heavy atom. The van der Waals surface area contributed by atoms with Gasteiger partial charge >= 0.3 is 0 Å². The van der Waals surface area contributed by atoms with E-state index in [2.05, 4.69) is 15.6 Å². The number of aryl methyl sites for hydroxylation is 1. The van der Waals surface area contributed by atoms with Gasteiger partial charge in [-0.1, -0.05) is 11.3 Å². The quantitative estimate of drug-likeness (QED) is 0.900. The van der Waals surface area contributed by atoms with Crippen LogP contribution in [0.3, 0.4) is 0 Å². The zero-order valence-corrected chi connectivity index (χ0v) is 14.4. The van der Waals surface area contributed by atoms with E-state index in [0.29, 0.717) is 24.2 Å². The summed E-state index contributed by atoms with van der Waals surface area (Å²) >= 11 is 0. The maximum absolute atomic E-state index is 12.6. The monoisotopic (exact) mass is 341 g/mol. The number of hydrogen-bond donors (Lipinski definition) is 1. The molecule has 0 aliphatic carbocycles. The molecule has 1 saturated heterocycles. The zero-order valence-electron chi connectivity index (χ0n) is 14.4. The fourth-order valence-corrected chi connectivity index (χ4v) is 3.03. The minimum absolute atomic E-state index is 0.00242. The van der Waals surface area contributed by atoms with Crippen molar-refractivity contribution in [3.63, 3.8) is 0 Å². The molecule has 1 fully saturated rings. The minimum atomic E-state index is -0.211. The molecule has 132 valence electrons. The lowest BCUT2D eigenvalue weighted by Gasteiger charge is -2.26. The normalized spacial score (nSPS) is 14.4. The number of rotatable bonds is 5. The fourth-order valence-electron chi connectivity index (χ4n) is 3.03. The summed E-state index contributed by atoms with van der Waals surface area (Å²) in [5.74, 6) is -0.209. The molecule has 7 nitrogen and oxygen atoms in total. The third-order valence-electron chi connectivity index (χ3n) is 4.44. The molecule has 2 heterocycles. The van der Waals surface area contributed by atoms with Crippen molar-refractivity contribution in [3.8, 4) is 0 Å². The standard InChI is InChI=1S/C18H23N5O2/c1-2-23-16(13-20-21-23)12-19-17(24)14-7-6-8-15(11-14)18(25)22-9-4-3-5-10-22/h6-8,11,13H,2-5,9-10,12H2,1H3,(H,19,24). The lowest BCUT2D eigenvalue weighted by atomic mass is 10.1. The number of nitrogens with one attached hydrogen (secondary N) is 1. The minimum Gasteiger partial charge on any atom is -0.346 e. The van der Waals surface area contributed by atoms with Gasteiger partial charge in [0.1, 0.15) is 0 Å². The van der Waals surface area contributed by atoms with E-state index in [1.54, 1.807) is 35.1 Å². The van der Waals surface area contributed by atoms with Crippen molar-refractivity contribution in [2.75, 3.05) is 13.1 Å². The van der Waals surface area contributed by atoms with Crippen LogP contribution in [0.2, 0.25) is 0 Å². The predicted molar refractivity (Wildman–Crippen MR) is 93.1 cm³/mol. The summed E-state index contributed by atoms with van der Waals surface area (Å²) in [7, 11) is 0. The van der Waals surface area contributed by atoms with Gasteiger partial charge < -0.3 is 10.2 Å². The Morgan fingerprint density at radius 2 is 1.92 bits per heavy atom. The summed E-state index contributed by atoms with van der Waals surface area (Å²) in [6, 6.07) is 6.91. The van der Waals surface area contributed by atoms with Gasteiger partial charge in [0.15, 0.2) is 0 Å².